The second-order valence-corrected chi connectivity index (χ2v) is 8.44. The highest BCUT2D eigenvalue weighted by Gasteiger charge is 2.16. The molecule has 0 radical (unpaired) electrons. The lowest BCUT2D eigenvalue weighted by molar-refractivity contribution is 0.627. The van der Waals surface area contributed by atoms with Crippen LogP contribution in [0.25, 0.3) is 56.1 Å². The van der Waals surface area contributed by atoms with Crippen molar-refractivity contribution in [1.29, 1.82) is 0 Å². The van der Waals surface area contributed by atoms with E-state index >= 15 is 0 Å². The fourth-order valence-corrected chi connectivity index (χ4v) is 4.39. The van der Waals surface area contributed by atoms with Crippen molar-refractivity contribution in [1.82, 2.24) is 9.97 Å². The average molecular weight is 465 g/mol. The summed E-state index contributed by atoms with van der Waals surface area (Å²) >= 11 is 6.18. The summed E-state index contributed by atoms with van der Waals surface area (Å²) in [4.78, 5) is 7.52. The molecule has 1 N–H and O–H groups in total. The Hall–Kier alpha value is -4.15. The SMILES string of the molecule is Fc1cccc(Cl)c1-c1nc(-c2cc3cc(-c4ccc(-c5ccccc5)cc4)ccc3o2)c[nH]1. The third kappa shape index (κ3) is 3.68. The number of nitrogens with one attached hydrogen (secondary N) is 1. The van der Waals surface area contributed by atoms with Gasteiger partial charge in [0.15, 0.2) is 5.76 Å². The number of aromatic nitrogens is 2. The topological polar surface area (TPSA) is 41.8 Å². The number of hydrogen-bond donors (Lipinski definition) is 1. The molecule has 6 aromatic rings. The molecule has 0 aliphatic rings. The van der Waals surface area contributed by atoms with Crippen LogP contribution in [-0.4, -0.2) is 9.97 Å². The van der Waals surface area contributed by atoms with Crippen LogP contribution in [0.1, 0.15) is 0 Å². The van der Waals surface area contributed by atoms with Crippen molar-refractivity contribution in [3.05, 3.63) is 114 Å². The molecule has 0 spiro atoms. The fraction of sp³-hybridized carbons (Fsp3) is 0. The fourth-order valence-electron chi connectivity index (χ4n) is 4.13. The van der Waals surface area contributed by atoms with Gasteiger partial charge < -0.3 is 9.40 Å². The number of halogens is 2. The highest BCUT2D eigenvalue weighted by molar-refractivity contribution is 6.33. The first-order valence-corrected chi connectivity index (χ1v) is 11.2. The minimum Gasteiger partial charge on any atom is -0.454 e. The number of imidazole rings is 1. The van der Waals surface area contributed by atoms with Crippen molar-refractivity contribution in [3.8, 4) is 45.1 Å². The normalized spacial score (nSPS) is 11.2. The largest absolute Gasteiger partial charge is 0.454 e. The zero-order valence-electron chi connectivity index (χ0n) is 17.9. The van der Waals surface area contributed by atoms with Crippen LogP contribution in [0.3, 0.4) is 0 Å². The number of nitrogens with zero attached hydrogens (tertiary/aromatic N) is 1. The smallest absolute Gasteiger partial charge is 0.155 e. The van der Waals surface area contributed by atoms with Gasteiger partial charge in [0.1, 0.15) is 22.9 Å². The van der Waals surface area contributed by atoms with E-state index in [1.165, 1.54) is 17.2 Å². The number of hydrogen-bond acceptors (Lipinski definition) is 2. The first-order valence-electron chi connectivity index (χ1n) is 10.9. The van der Waals surface area contributed by atoms with Crippen LogP contribution < -0.4 is 0 Å². The molecule has 0 bridgehead atoms. The van der Waals surface area contributed by atoms with Gasteiger partial charge in [0.2, 0.25) is 0 Å². The molecule has 0 atom stereocenters. The van der Waals surface area contributed by atoms with E-state index in [0.717, 1.165) is 22.1 Å². The van der Waals surface area contributed by atoms with Crippen LogP contribution in [-0.2, 0) is 0 Å². The lowest BCUT2D eigenvalue weighted by Crippen LogP contribution is -1.87. The maximum absolute atomic E-state index is 14.3. The summed E-state index contributed by atoms with van der Waals surface area (Å²) in [5, 5.41) is 1.27. The Morgan fingerprint density at radius 3 is 2.21 bits per heavy atom. The number of aromatic amines is 1. The van der Waals surface area contributed by atoms with Crippen LogP contribution in [0.5, 0.6) is 0 Å². The molecule has 2 aromatic heterocycles. The van der Waals surface area contributed by atoms with Crippen molar-refractivity contribution in [3.63, 3.8) is 0 Å². The van der Waals surface area contributed by atoms with E-state index in [0.29, 0.717) is 22.3 Å². The van der Waals surface area contributed by atoms with Gasteiger partial charge in [-0.25, -0.2) is 9.37 Å². The zero-order valence-corrected chi connectivity index (χ0v) is 18.7. The second kappa shape index (κ2) is 8.32. The Labute approximate surface area is 200 Å². The summed E-state index contributed by atoms with van der Waals surface area (Å²) in [6.07, 6.45) is 1.69. The van der Waals surface area contributed by atoms with Crippen LogP contribution >= 0.6 is 11.6 Å². The summed E-state index contributed by atoms with van der Waals surface area (Å²) in [5.41, 5.74) is 6.18. The minimum absolute atomic E-state index is 0.243. The van der Waals surface area contributed by atoms with Crippen LogP contribution in [0.2, 0.25) is 5.02 Å². The van der Waals surface area contributed by atoms with Gasteiger partial charge in [0.25, 0.3) is 0 Å². The quantitative estimate of drug-likeness (QED) is 0.283. The van der Waals surface area contributed by atoms with E-state index in [9.17, 15) is 4.39 Å². The zero-order chi connectivity index (χ0) is 23.1. The molecule has 3 nitrogen and oxygen atoms in total. The van der Waals surface area contributed by atoms with E-state index in [4.69, 9.17) is 16.0 Å². The molecule has 0 aliphatic carbocycles. The number of rotatable bonds is 4. The molecule has 0 unspecified atom stereocenters. The third-order valence-corrected chi connectivity index (χ3v) is 6.19. The Balaban J connectivity index is 1.31. The molecule has 34 heavy (non-hydrogen) atoms. The molecule has 5 heteroatoms. The van der Waals surface area contributed by atoms with Gasteiger partial charge in [-0.05, 0) is 52.6 Å². The predicted octanol–water partition coefficient (Wildman–Crippen LogP) is 8.62. The molecule has 4 aromatic carbocycles. The summed E-state index contributed by atoms with van der Waals surface area (Å²) in [6.45, 7) is 0. The molecule has 0 amide bonds. The van der Waals surface area contributed by atoms with Gasteiger partial charge in [0, 0.05) is 11.6 Å². The van der Waals surface area contributed by atoms with Gasteiger partial charge >= 0.3 is 0 Å². The van der Waals surface area contributed by atoms with E-state index in [1.54, 1.807) is 18.3 Å². The van der Waals surface area contributed by atoms with Crippen molar-refractivity contribution in [2.45, 2.75) is 0 Å². The molecular weight excluding hydrogens is 447 g/mol. The number of furan rings is 1. The molecule has 0 aliphatic heterocycles. The van der Waals surface area contributed by atoms with Gasteiger partial charge in [-0.3, -0.25) is 0 Å². The highest BCUT2D eigenvalue weighted by atomic mass is 35.5. The molecule has 0 saturated heterocycles. The maximum Gasteiger partial charge on any atom is 0.155 e. The molecule has 164 valence electrons. The standard InChI is InChI=1S/C29H18ClFN2O/c30-23-7-4-8-24(31)28(23)29-32-17-25(33-29)27-16-22-15-21(13-14-26(22)34-27)20-11-9-19(10-12-20)18-5-2-1-3-6-18/h1-17H,(H,32,33). The molecule has 0 fully saturated rings. The molecule has 0 saturated carbocycles. The van der Waals surface area contributed by atoms with Crippen LogP contribution in [0.15, 0.2) is 108 Å². The van der Waals surface area contributed by atoms with Crippen molar-refractivity contribution in [2.24, 2.45) is 0 Å². The Morgan fingerprint density at radius 2 is 1.44 bits per heavy atom. The van der Waals surface area contributed by atoms with Crippen LogP contribution in [0, 0.1) is 5.82 Å². The predicted molar refractivity (Wildman–Crippen MR) is 135 cm³/mol. The Morgan fingerprint density at radius 1 is 0.735 bits per heavy atom. The van der Waals surface area contributed by atoms with Gasteiger partial charge in [-0.1, -0.05) is 78.3 Å². The minimum atomic E-state index is -0.430. The average Bonchev–Trinajstić information content (AvgIpc) is 3.51. The van der Waals surface area contributed by atoms with E-state index in [-0.39, 0.29) is 5.56 Å². The summed E-state index contributed by atoms with van der Waals surface area (Å²) in [6, 6.07) is 31.4. The monoisotopic (exact) mass is 464 g/mol. The highest BCUT2D eigenvalue weighted by Crippen LogP contribution is 2.34. The molecule has 6 rings (SSSR count). The van der Waals surface area contributed by atoms with Crippen LogP contribution in [0.4, 0.5) is 4.39 Å². The Bertz CT molecular complexity index is 1600. The Kier molecular flexibility index (Phi) is 5.01. The maximum atomic E-state index is 14.3. The molecule has 2 heterocycles. The van der Waals surface area contributed by atoms with Crippen molar-refractivity contribution in [2.75, 3.05) is 0 Å². The van der Waals surface area contributed by atoms with Gasteiger partial charge in [-0.2, -0.15) is 0 Å². The lowest BCUT2D eigenvalue weighted by Gasteiger charge is -2.05. The first-order chi connectivity index (χ1) is 16.7. The second-order valence-electron chi connectivity index (χ2n) is 8.04. The lowest BCUT2D eigenvalue weighted by atomic mass is 10.00. The van der Waals surface area contributed by atoms with E-state index < -0.39 is 5.82 Å². The molecular formula is C29H18ClFN2O. The first kappa shape index (κ1) is 20.5. The summed E-state index contributed by atoms with van der Waals surface area (Å²) in [5.74, 6) is 0.528. The summed E-state index contributed by atoms with van der Waals surface area (Å²) < 4.78 is 20.3. The van der Waals surface area contributed by atoms with Crippen molar-refractivity contribution >= 4 is 22.6 Å². The number of benzene rings is 4. The van der Waals surface area contributed by atoms with E-state index in [2.05, 4.69) is 52.4 Å². The van der Waals surface area contributed by atoms with Crippen molar-refractivity contribution < 1.29 is 8.81 Å². The van der Waals surface area contributed by atoms with Gasteiger partial charge in [0.05, 0.1) is 10.6 Å². The summed E-state index contributed by atoms with van der Waals surface area (Å²) in [7, 11) is 0. The number of fused-ring (bicyclic) bond motifs is 1. The van der Waals surface area contributed by atoms with Gasteiger partial charge in [-0.15, -0.1) is 0 Å². The van der Waals surface area contributed by atoms with E-state index in [1.807, 2.05) is 36.4 Å². The third-order valence-electron chi connectivity index (χ3n) is 5.87. The number of H-pyrrole nitrogens is 1.